The molecule has 1 atom stereocenters. The van der Waals surface area contributed by atoms with E-state index in [0.717, 1.165) is 5.56 Å². The molecule has 1 aromatic carbocycles. The molecule has 3 amide bonds. The van der Waals surface area contributed by atoms with E-state index in [0.29, 0.717) is 31.7 Å². The maximum atomic E-state index is 12.6. The summed E-state index contributed by atoms with van der Waals surface area (Å²) in [6, 6.07) is 6.60. The summed E-state index contributed by atoms with van der Waals surface area (Å²) in [7, 11) is 0. The van der Waals surface area contributed by atoms with Crippen molar-refractivity contribution >= 4 is 17.9 Å². The predicted octanol–water partition coefficient (Wildman–Crippen LogP) is 2.19. The van der Waals surface area contributed by atoms with Crippen molar-refractivity contribution in [2.45, 2.75) is 46.3 Å². The van der Waals surface area contributed by atoms with Crippen LogP contribution in [0.15, 0.2) is 24.3 Å². The van der Waals surface area contributed by atoms with E-state index in [1.54, 1.807) is 28.9 Å². The molecule has 0 bridgehead atoms. The van der Waals surface area contributed by atoms with Crippen LogP contribution in [0.5, 0.6) is 0 Å². The summed E-state index contributed by atoms with van der Waals surface area (Å²) >= 11 is 0. The molecule has 0 aliphatic carbocycles. The SMILES string of the molecule is Cc1cccc(C(=O)NC(C)C(=O)N2CCN(C(=O)OC(C)(C)C)CC2)c1. The number of amides is 3. The molecule has 0 spiro atoms. The van der Waals surface area contributed by atoms with Crippen LogP contribution in [0.25, 0.3) is 0 Å². The molecule has 1 aliphatic heterocycles. The van der Waals surface area contributed by atoms with E-state index in [9.17, 15) is 14.4 Å². The molecule has 0 saturated carbocycles. The highest BCUT2D eigenvalue weighted by atomic mass is 16.6. The van der Waals surface area contributed by atoms with Crippen LogP contribution in [0.1, 0.15) is 43.6 Å². The number of piperazine rings is 1. The number of hydrogen-bond acceptors (Lipinski definition) is 4. The highest BCUT2D eigenvalue weighted by Gasteiger charge is 2.29. The third-order valence-electron chi connectivity index (χ3n) is 4.24. The summed E-state index contributed by atoms with van der Waals surface area (Å²) in [4.78, 5) is 40.3. The fraction of sp³-hybridized carbons (Fsp3) is 0.550. The summed E-state index contributed by atoms with van der Waals surface area (Å²) in [5.74, 6) is -0.424. The van der Waals surface area contributed by atoms with Gasteiger partial charge in [0.25, 0.3) is 5.91 Å². The number of ether oxygens (including phenoxy) is 1. The molecule has 0 aromatic heterocycles. The Morgan fingerprint density at radius 1 is 1.07 bits per heavy atom. The first-order valence-electron chi connectivity index (χ1n) is 9.21. The van der Waals surface area contributed by atoms with E-state index in [1.807, 2.05) is 39.8 Å². The van der Waals surface area contributed by atoms with Crippen molar-refractivity contribution in [3.05, 3.63) is 35.4 Å². The molecule has 148 valence electrons. The Balaban J connectivity index is 1.86. The van der Waals surface area contributed by atoms with Gasteiger partial charge >= 0.3 is 6.09 Å². The Bertz CT molecular complexity index is 703. The number of rotatable bonds is 3. The van der Waals surface area contributed by atoms with Gasteiger partial charge < -0.3 is 19.9 Å². The number of nitrogens with one attached hydrogen (secondary N) is 1. The number of benzene rings is 1. The summed E-state index contributed by atoms with van der Waals surface area (Å²) in [5, 5.41) is 2.75. The van der Waals surface area contributed by atoms with Gasteiger partial charge in [-0.2, -0.15) is 0 Å². The Kier molecular flexibility index (Phi) is 6.46. The van der Waals surface area contributed by atoms with Crippen molar-refractivity contribution in [1.29, 1.82) is 0 Å². The maximum absolute atomic E-state index is 12.6. The first-order valence-corrected chi connectivity index (χ1v) is 9.21. The minimum Gasteiger partial charge on any atom is -0.444 e. The molecule has 1 saturated heterocycles. The fourth-order valence-corrected chi connectivity index (χ4v) is 2.84. The third-order valence-corrected chi connectivity index (χ3v) is 4.24. The zero-order valence-corrected chi connectivity index (χ0v) is 16.7. The lowest BCUT2D eigenvalue weighted by Gasteiger charge is -2.36. The maximum Gasteiger partial charge on any atom is 0.410 e. The van der Waals surface area contributed by atoms with E-state index < -0.39 is 11.6 Å². The van der Waals surface area contributed by atoms with Crippen LogP contribution < -0.4 is 5.32 Å². The van der Waals surface area contributed by atoms with Crippen LogP contribution in [0, 0.1) is 6.92 Å². The van der Waals surface area contributed by atoms with Crippen LogP contribution >= 0.6 is 0 Å². The second-order valence-corrected chi connectivity index (χ2v) is 7.86. The van der Waals surface area contributed by atoms with E-state index in [2.05, 4.69) is 5.32 Å². The minimum absolute atomic E-state index is 0.153. The van der Waals surface area contributed by atoms with Gasteiger partial charge in [-0.05, 0) is 46.8 Å². The van der Waals surface area contributed by atoms with Gasteiger partial charge in [-0.1, -0.05) is 17.7 Å². The van der Waals surface area contributed by atoms with Gasteiger partial charge in [0.2, 0.25) is 5.91 Å². The van der Waals surface area contributed by atoms with Crippen LogP contribution in [0.2, 0.25) is 0 Å². The van der Waals surface area contributed by atoms with Crippen LogP contribution in [0.4, 0.5) is 4.79 Å². The molecular weight excluding hydrogens is 346 g/mol. The van der Waals surface area contributed by atoms with Gasteiger partial charge in [-0.25, -0.2) is 4.79 Å². The number of carbonyl (C=O) groups is 3. The van der Waals surface area contributed by atoms with Crippen molar-refractivity contribution in [3.8, 4) is 0 Å². The Hall–Kier alpha value is -2.57. The molecule has 2 rings (SSSR count). The fourth-order valence-electron chi connectivity index (χ4n) is 2.84. The number of aryl methyl sites for hydroxylation is 1. The first-order chi connectivity index (χ1) is 12.6. The standard InChI is InChI=1S/C20H29N3O4/c1-14-7-6-8-16(13-14)17(24)21-15(2)18(25)22-9-11-23(12-10-22)19(26)27-20(3,4)5/h6-8,13,15H,9-12H2,1-5H3,(H,21,24). The van der Waals surface area contributed by atoms with Gasteiger partial charge in [0.05, 0.1) is 0 Å². The van der Waals surface area contributed by atoms with Crippen LogP contribution in [-0.2, 0) is 9.53 Å². The van der Waals surface area contributed by atoms with E-state index in [1.165, 1.54) is 0 Å². The van der Waals surface area contributed by atoms with Crippen molar-refractivity contribution in [1.82, 2.24) is 15.1 Å². The molecular formula is C20H29N3O4. The lowest BCUT2D eigenvalue weighted by atomic mass is 10.1. The van der Waals surface area contributed by atoms with Crippen molar-refractivity contribution in [3.63, 3.8) is 0 Å². The zero-order valence-electron chi connectivity index (χ0n) is 16.7. The van der Waals surface area contributed by atoms with Crippen molar-refractivity contribution in [2.24, 2.45) is 0 Å². The number of hydrogen-bond donors (Lipinski definition) is 1. The second kappa shape index (κ2) is 8.41. The largest absolute Gasteiger partial charge is 0.444 e. The molecule has 1 N–H and O–H groups in total. The summed E-state index contributed by atoms with van der Waals surface area (Å²) in [6.07, 6.45) is -0.365. The molecule has 27 heavy (non-hydrogen) atoms. The topological polar surface area (TPSA) is 79.0 Å². The average molecular weight is 375 g/mol. The molecule has 0 radical (unpaired) electrons. The molecule has 1 heterocycles. The molecule has 7 nitrogen and oxygen atoms in total. The van der Waals surface area contributed by atoms with Crippen LogP contribution in [0.3, 0.4) is 0 Å². The Morgan fingerprint density at radius 3 is 2.22 bits per heavy atom. The lowest BCUT2D eigenvalue weighted by molar-refractivity contribution is -0.134. The van der Waals surface area contributed by atoms with Crippen LogP contribution in [-0.4, -0.2) is 65.5 Å². The first kappa shape index (κ1) is 20.7. The van der Waals surface area contributed by atoms with Gasteiger partial charge in [-0.3, -0.25) is 9.59 Å². The van der Waals surface area contributed by atoms with Gasteiger partial charge in [-0.15, -0.1) is 0 Å². The summed E-state index contributed by atoms with van der Waals surface area (Å²) in [6.45, 7) is 10.7. The number of carbonyl (C=O) groups excluding carboxylic acids is 3. The monoisotopic (exact) mass is 375 g/mol. The smallest absolute Gasteiger partial charge is 0.410 e. The second-order valence-electron chi connectivity index (χ2n) is 7.86. The third kappa shape index (κ3) is 5.98. The Labute approximate surface area is 160 Å². The summed E-state index contributed by atoms with van der Waals surface area (Å²) < 4.78 is 5.36. The molecule has 1 aromatic rings. The van der Waals surface area contributed by atoms with Crippen molar-refractivity contribution < 1.29 is 19.1 Å². The number of nitrogens with zero attached hydrogens (tertiary/aromatic N) is 2. The zero-order chi connectivity index (χ0) is 20.2. The predicted molar refractivity (Wildman–Crippen MR) is 102 cm³/mol. The molecule has 1 aliphatic rings. The molecule has 1 unspecified atom stereocenters. The normalized spacial score (nSPS) is 15.9. The van der Waals surface area contributed by atoms with E-state index in [-0.39, 0.29) is 17.9 Å². The van der Waals surface area contributed by atoms with E-state index >= 15 is 0 Å². The highest BCUT2D eigenvalue weighted by molar-refractivity contribution is 5.97. The minimum atomic E-state index is -0.633. The van der Waals surface area contributed by atoms with E-state index in [4.69, 9.17) is 4.74 Å². The van der Waals surface area contributed by atoms with Gasteiger partial charge in [0.1, 0.15) is 11.6 Å². The highest BCUT2D eigenvalue weighted by Crippen LogP contribution is 2.12. The average Bonchev–Trinajstić information content (AvgIpc) is 2.59. The Morgan fingerprint density at radius 2 is 1.67 bits per heavy atom. The quantitative estimate of drug-likeness (QED) is 0.878. The van der Waals surface area contributed by atoms with Gasteiger partial charge in [0.15, 0.2) is 0 Å². The van der Waals surface area contributed by atoms with Gasteiger partial charge in [0, 0.05) is 31.7 Å². The van der Waals surface area contributed by atoms with Crippen molar-refractivity contribution in [2.75, 3.05) is 26.2 Å². The lowest BCUT2D eigenvalue weighted by Crippen LogP contribution is -2.55. The molecule has 7 heteroatoms. The summed E-state index contributed by atoms with van der Waals surface area (Å²) in [5.41, 5.74) is 0.975. The molecule has 1 fully saturated rings.